The molecular weight excluding hydrogens is 455 g/mol. The van der Waals surface area contributed by atoms with E-state index in [9.17, 15) is 0 Å². The maximum atomic E-state index is 6.52. The van der Waals surface area contributed by atoms with Crippen LogP contribution in [0.25, 0.3) is 22.4 Å². The van der Waals surface area contributed by atoms with Crippen molar-refractivity contribution < 1.29 is 0 Å². The number of nitrogens with zero attached hydrogens (tertiary/aromatic N) is 2. The maximum Gasteiger partial charge on any atom is 0.0784 e. The lowest BCUT2D eigenvalue weighted by atomic mass is 9.96. The van der Waals surface area contributed by atoms with Gasteiger partial charge in [-0.2, -0.15) is 0 Å². The highest BCUT2D eigenvalue weighted by atomic mass is 79.9. The van der Waals surface area contributed by atoms with Crippen LogP contribution in [0.4, 0.5) is 0 Å². The summed E-state index contributed by atoms with van der Waals surface area (Å²) in [5.41, 5.74) is 5.67. The summed E-state index contributed by atoms with van der Waals surface area (Å²) in [5.74, 6) is 0. The molecule has 0 aliphatic heterocycles. The van der Waals surface area contributed by atoms with E-state index >= 15 is 0 Å². The molecule has 0 bridgehead atoms. The predicted octanol–water partition coefficient (Wildman–Crippen LogP) is 7.51. The van der Waals surface area contributed by atoms with Gasteiger partial charge in [0.05, 0.1) is 11.4 Å². The third-order valence-electron chi connectivity index (χ3n) is 4.80. The summed E-state index contributed by atoms with van der Waals surface area (Å²) in [6.45, 7) is 11.3. The van der Waals surface area contributed by atoms with Gasteiger partial charge in [-0.05, 0) is 55.9 Å². The number of rotatable bonds is 6. The lowest BCUT2D eigenvalue weighted by Gasteiger charge is -2.21. The summed E-state index contributed by atoms with van der Waals surface area (Å²) >= 11 is 16.1. The zero-order valence-electron chi connectivity index (χ0n) is 16.0. The fourth-order valence-corrected chi connectivity index (χ4v) is 3.90. The van der Waals surface area contributed by atoms with E-state index in [0.29, 0.717) is 10.0 Å². The second kappa shape index (κ2) is 9.41. The molecule has 0 atom stereocenters. The van der Waals surface area contributed by atoms with Crippen LogP contribution in [-0.4, -0.2) is 23.0 Å². The van der Waals surface area contributed by atoms with Crippen LogP contribution < -0.4 is 0 Å². The van der Waals surface area contributed by atoms with E-state index in [4.69, 9.17) is 28.2 Å². The van der Waals surface area contributed by atoms with Crippen molar-refractivity contribution in [2.45, 2.75) is 20.4 Å². The molecule has 28 heavy (non-hydrogen) atoms. The molecule has 2 aromatic carbocycles. The van der Waals surface area contributed by atoms with Crippen molar-refractivity contribution in [3.8, 4) is 22.4 Å². The first-order valence-electron chi connectivity index (χ1n) is 9.22. The fraction of sp³-hybridized carbons (Fsp3) is 0.217. The van der Waals surface area contributed by atoms with Crippen LogP contribution in [0.2, 0.25) is 10.0 Å². The highest BCUT2D eigenvalue weighted by Crippen LogP contribution is 2.37. The molecule has 0 unspecified atom stereocenters. The molecule has 0 aliphatic rings. The minimum atomic E-state index is 0.601. The number of pyridine rings is 1. The van der Waals surface area contributed by atoms with Gasteiger partial charge in [-0.1, -0.05) is 71.2 Å². The molecule has 1 radical (unpaired) electrons. The van der Waals surface area contributed by atoms with Crippen molar-refractivity contribution in [1.29, 1.82) is 0 Å². The van der Waals surface area contributed by atoms with Crippen molar-refractivity contribution in [1.82, 2.24) is 9.88 Å². The Labute approximate surface area is 185 Å². The zero-order valence-corrected chi connectivity index (χ0v) is 19.1. The Morgan fingerprint density at radius 2 is 1.64 bits per heavy atom. The summed E-state index contributed by atoms with van der Waals surface area (Å²) in [7, 11) is 0. The van der Waals surface area contributed by atoms with Crippen molar-refractivity contribution >= 4 is 39.1 Å². The Balaban J connectivity index is 2.20. The van der Waals surface area contributed by atoms with Gasteiger partial charge >= 0.3 is 0 Å². The number of hydrogen-bond donors (Lipinski definition) is 0. The van der Waals surface area contributed by atoms with E-state index in [1.54, 1.807) is 6.07 Å². The largest absolute Gasteiger partial charge is 0.298 e. The minimum absolute atomic E-state index is 0.601. The van der Waals surface area contributed by atoms with Gasteiger partial charge in [-0.25, -0.2) is 0 Å². The second-order valence-corrected chi connectivity index (χ2v) is 8.34. The Hall–Kier alpha value is -1.39. The summed E-state index contributed by atoms with van der Waals surface area (Å²) in [4.78, 5) is 7.37. The molecule has 0 saturated heterocycles. The molecule has 3 aromatic rings. The number of hydrogen-bond acceptors (Lipinski definition) is 2. The van der Waals surface area contributed by atoms with E-state index in [-0.39, 0.29) is 0 Å². The van der Waals surface area contributed by atoms with E-state index in [0.717, 1.165) is 57.7 Å². The minimum Gasteiger partial charge on any atom is -0.298 e. The Morgan fingerprint density at radius 3 is 2.25 bits per heavy atom. The molecule has 0 fully saturated rings. The van der Waals surface area contributed by atoms with Gasteiger partial charge in [0.25, 0.3) is 0 Å². The second-order valence-electron chi connectivity index (χ2n) is 6.58. The molecule has 1 aromatic heterocycles. The number of aromatic nitrogens is 1. The maximum absolute atomic E-state index is 6.52. The molecule has 5 heteroatoms. The number of halogens is 3. The molecule has 145 valence electrons. The van der Waals surface area contributed by atoms with Crippen molar-refractivity contribution in [2.75, 3.05) is 13.1 Å². The van der Waals surface area contributed by atoms with Gasteiger partial charge in [-0.15, -0.1) is 0 Å². The first-order chi connectivity index (χ1) is 13.4. The lowest BCUT2D eigenvalue weighted by Crippen LogP contribution is -2.23. The molecule has 1 heterocycles. The number of benzene rings is 2. The van der Waals surface area contributed by atoms with E-state index in [2.05, 4.69) is 59.8 Å². The summed E-state index contributed by atoms with van der Waals surface area (Å²) < 4.78 is 1.03. The SMILES string of the molecule is [CH2]c1cc(-c2ccc(Cl)cc2Cl)c(-c2ccc(Br)cc2)nc1CN(CC)CC. The molecule has 0 spiro atoms. The Morgan fingerprint density at radius 1 is 0.964 bits per heavy atom. The highest BCUT2D eigenvalue weighted by Gasteiger charge is 2.17. The summed E-state index contributed by atoms with van der Waals surface area (Å²) in [6.07, 6.45) is 0. The van der Waals surface area contributed by atoms with Gasteiger partial charge in [0.2, 0.25) is 0 Å². The third kappa shape index (κ3) is 4.77. The van der Waals surface area contributed by atoms with Crippen LogP contribution in [0.1, 0.15) is 25.1 Å². The Kier molecular flexibility index (Phi) is 7.16. The van der Waals surface area contributed by atoms with E-state index < -0.39 is 0 Å². The molecule has 0 N–H and O–H groups in total. The summed E-state index contributed by atoms with van der Waals surface area (Å²) in [5, 5.41) is 1.21. The van der Waals surface area contributed by atoms with Crippen LogP contribution in [-0.2, 0) is 6.54 Å². The van der Waals surface area contributed by atoms with Crippen molar-refractivity contribution in [2.24, 2.45) is 0 Å². The van der Waals surface area contributed by atoms with E-state index in [1.165, 1.54) is 0 Å². The topological polar surface area (TPSA) is 16.1 Å². The van der Waals surface area contributed by atoms with Gasteiger partial charge in [0.1, 0.15) is 0 Å². The normalized spacial score (nSPS) is 11.2. The summed E-state index contributed by atoms with van der Waals surface area (Å²) in [6, 6.07) is 15.8. The molecule has 0 amide bonds. The van der Waals surface area contributed by atoms with Crippen LogP contribution in [0, 0.1) is 6.92 Å². The average molecular weight is 477 g/mol. The van der Waals surface area contributed by atoms with E-state index in [1.807, 2.05) is 24.3 Å². The standard InChI is InChI=1S/C23H22BrCl2N2/c1-4-28(5-2)14-22-15(3)12-20(19-11-10-18(25)13-21(19)26)23(27-22)16-6-8-17(24)9-7-16/h6-13H,3-5,14H2,1-2H3. The average Bonchev–Trinajstić information content (AvgIpc) is 2.68. The smallest absolute Gasteiger partial charge is 0.0784 e. The first kappa shape index (κ1) is 21.3. The van der Waals surface area contributed by atoms with Gasteiger partial charge in [-0.3, -0.25) is 9.88 Å². The van der Waals surface area contributed by atoms with Crippen LogP contribution in [0.3, 0.4) is 0 Å². The van der Waals surface area contributed by atoms with Crippen molar-refractivity contribution in [3.63, 3.8) is 0 Å². The predicted molar refractivity (Wildman–Crippen MR) is 124 cm³/mol. The zero-order chi connectivity index (χ0) is 20.3. The quantitative estimate of drug-likeness (QED) is 0.365. The highest BCUT2D eigenvalue weighted by molar-refractivity contribution is 9.10. The lowest BCUT2D eigenvalue weighted by molar-refractivity contribution is 0.292. The van der Waals surface area contributed by atoms with Gasteiger partial charge in [0, 0.05) is 37.8 Å². The molecule has 0 saturated carbocycles. The van der Waals surface area contributed by atoms with Crippen LogP contribution in [0.5, 0.6) is 0 Å². The molecular formula is C23H22BrCl2N2. The van der Waals surface area contributed by atoms with Crippen LogP contribution in [0.15, 0.2) is 53.0 Å². The fourth-order valence-electron chi connectivity index (χ4n) is 3.13. The van der Waals surface area contributed by atoms with Crippen LogP contribution >= 0.6 is 39.1 Å². The van der Waals surface area contributed by atoms with Crippen molar-refractivity contribution in [3.05, 3.63) is 81.2 Å². The third-order valence-corrected chi connectivity index (χ3v) is 5.87. The molecule has 3 rings (SSSR count). The first-order valence-corrected chi connectivity index (χ1v) is 10.8. The molecule has 0 aliphatic carbocycles. The van der Waals surface area contributed by atoms with Gasteiger partial charge in [0.15, 0.2) is 0 Å². The molecule has 2 nitrogen and oxygen atoms in total. The van der Waals surface area contributed by atoms with Gasteiger partial charge < -0.3 is 0 Å². The monoisotopic (exact) mass is 475 g/mol. The Bertz CT molecular complexity index is 967.